The van der Waals surface area contributed by atoms with Crippen molar-refractivity contribution in [3.8, 4) is 5.75 Å². The van der Waals surface area contributed by atoms with Crippen LogP contribution in [0.5, 0.6) is 5.75 Å². The Morgan fingerprint density at radius 3 is 2.32 bits per heavy atom. The summed E-state index contributed by atoms with van der Waals surface area (Å²) in [6.07, 6.45) is -0.0515. The second kappa shape index (κ2) is 7.26. The van der Waals surface area contributed by atoms with Crippen molar-refractivity contribution < 1.29 is 39.9 Å². The van der Waals surface area contributed by atoms with Gasteiger partial charge in [0.25, 0.3) is 0 Å². The largest absolute Gasteiger partial charge is 0.511 e. The number of imidazole rings is 1. The number of phenols is 1. The van der Waals surface area contributed by atoms with E-state index in [4.69, 9.17) is 0 Å². The standard InChI is InChI=1S/C20H20F6N4O3S/c21-19(22,23)14-1-2-15-13(17(14)31)8-29(34(32,33)20(24,25)26)9-16(18-3-11(4-18)5-18)30(15)7-12-6-27-10-28-12/h1-2,6,10-11,16,31H,3-5,7-9H2,(H,27,28). The lowest BCUT2D eigenvalue weighted by molar-refractivity contribution is -0.138. The lowest BCUT2D eigenvalue weighted by Crippen LogP contribution is -2.66. The third kappa shape index (κ3) is 3.44. The van der Waals surface area contributed by atoms with E-state index in [1.54, 1.807) is 4.90 Å². The van der Waals surface area contributed by atoms with Gasteiger partial charge in [-0.15, -0.1) is 0 Å². The Kier molecular flexibility index (Phi) is 4.97. The molecular weight excluding hydrogens is 490 g/mol. The second-order valence-electron chi connectivity index (χ2n) is 9.26. The molecule has 2 heterocycles. The molecule has 6 rings (SSSR count). The molecule has 4 aliphatic rings. The first-order chi connectivity index (χ1) is 15.7. The maximum Gasteiger partial charge on any atom is 0.511 e. The minimum atomic E-state index is -5.88. The Balaban J connectivity index is 1.70. The molecule has 1 aromatic carbocycles. The lowest BCUT2D eigenvalue weighted by Gasteiger charge is -2.67. The monoisotopic (exact) mass is 510 g/mol. The van der Waals surface area contributed by atoms with Gasteiger partial charge in [0.2, 0.25) is 0 Å². The highest BCUT2D eigenvalue weighted by molar-refractivity contribution is 7.89. The number of aromatic hydroxyl groups is 1. The second-order valence-corrected chi connectivity index (χ2v) is 11.2. The van der Waals surface area contributed by atoms with Crippen LogP contribution in [0.2, 0.25) is 0 Å². The summed E-state index contributed by atoms with van der Waals surface area (Å²) in [5.74, 6) is -0.870. The molecule has 2 aromatic rings. The van der Waals surface area contributed by atoms with Crippen molar-refractivity contribution in [3.63, 3.8) is 0 Å². The van der Waals surface area contributed by atoms with Gasteiger partial charge < -0.3 is 15.0 Å². The Bertz CT molecular complexity index is 1200. The van der Waals surface area contributed by atoms with Crippen molar-refractivity contribution in [3.05, 3.63) is 41.5 Å². The fourth-order valence-corrected chi connectivity index (χ4v) is 6.47. The molecule has 3 fully saturated rings. The van der Waals surface area contributed by atoms with Gasteiger partial charge in [-0.1, -0.05) is 0 Å². The molecule has 1 aromatic heterocycles. The maximum absolute atomic E-state index is 13.5. The number of hydrogen-bond donors (Lipinski definition) is 2. The molecule has 3 saturated carbocycles. The normalized spacial score (nSPS) is 27.5. The molecule has 186 valence electrons. The van der Waals surface area contributed by atoms with Crippen LogP contribution in [-0.4, -0.2) is 45.9 Å². The molecule has 1 aliphatic heterocycles. The predicted molar refractivity (Wildman–Crippen MR) is 107 cm³/mol. The number of aromatic nitrogens is 2. The Hall–Kier alpha value is -2.48. The van der Waals surface area contributed by atoms with E-state index in [9.17, 15) is 39.9 Å². The van der Waals surface area contributed by atoms with E-state index in [1.807, 2.05) is 0 Å². The van der Waals surface area contributed by atoms with Crippen molar-refractivity contribution in [1.29, 1.82) is 0 Å². The summed E-state index contributed by atoms with van der Waals surface area (Å²) in [6, 6.07) is 1.02. The summed E-state index contributed by atoms with van der Waals surface area (Å²) in [5.41, 5.74) is -7.46. The van der Waals surface area contributed by atoms with Crippen LogP contribution in [0.25, 0.3) is 0 Å². The molecule has 3 aliphatic carbocycles. The van der Waals surface area contributed by atoms with Gasteiger partial charge in [-0.05, 0) is 42.7 Å². The Labute approximate surface area is 190 Å². The minimum absolute atomic E-state index is 0.0365. The van der Waals surface area contributed by atoms with Crippen LogP contribution in [0.4, 0.5) is 32.0 Å². The van der Waals surface area contributed by atoms with E-state index >= 15 is 0 Å². The van der Waals surface area contributed by atoms with Crippen LogP contribution in [0.15, 0.2) is 24.7 Å². The molecule has 7 nitrogen and oxygen atoms in total. The maximum atomic E-state index is 13.5. The van der Waals surface area contributed by atoms with Crippen molar-refractivity contribution in [2.24, 2.45) is 11.3 Å². The third-order valence-electron chi connectivity index (χ3n) is 7.28. The molecule has 1 atom stereocenters. The van der Waals surface area contributed by atoms with Gasteiger partial charge >= 0.3 is 21.7 Å². The number of hydrogen-bond acceptors (Lipinski definition) is 5. The molecule has 1 unspecified atom stereocenters. The van der Waals surface area contributed by atoms with E-state index in [0.717, 1.165) is 6.07 Å². The zero-order chi connectivity index (χ0) is 24.7. The van der Waals surface area contributed by atoms with Crippen LogP contribution in [0.1, 0.15) is 36.1 Å². The van der Waals surface area contributed by atoms with Gasteiger partial charge in [-0.25, -0.2) is 13.4 Å². The first-order valence-corrected chi connectivity index (χ1v) is 11.9. The number of sulfonamides is 1. The number of benzene rings is 1. The number of alkyl halides is 6. The summed E-state index contributed by atoms with van der Waals surface area (Å²) in [4.78, 5) is 8.39. The quantitative estimate of drug-likeness (QED) is 0.608. The van der Waals surface area contributed by atoms with Crippen molar-refractivity contribution in [2.45, 2.75) is 50.1 Å². The highest BCUT2D eigenvalue weighted by Gasteiger charge is 2.63. The Morgan fingerprint density at radius 1 is 1.15 bits per heavy atom. The van der Waals surface area contributed by atoms with E-state index in [0.29, 0.717) is 36.9 Å². The van der Waals surface area contributed by atoms with Crippen molar-refractivity contribution >= 4 is 15.7 Å². The summed E-state index contributed by atoms with van der Waals surface area (Å²) < 4.78 is 106. The summed E-state index contributed by atoms with van der Waals surface area (Å²) >= 11 is 0. The van der Waals surface area contributed by atoms with E-state index in [-0.39, 0.29) is 16.5 Å². The summed E-state index contributed by atoms with van der Waals surface area (Å²) in [5, 5.41) is 10.5. The number of phenolic OH excluding ortho intramolecular Hbond substituents is 1. The molecule has 0 radical (unpaired) electrons. The van der Waals surface area contributed by atoms with Crippen LogP contribution in [0, 0.1) is 11.3 Å². The summed E-state index contributed by atoms with van der Waals surface area (Å²) in [7, 11) is -5.88. The first-order valence-electron chi connectivity index (χ1n) is 10.5. The predicted octanol–water partition coefficient (Wildman–Crippen LogP) is 3.97. The summed E-state index contributed by atoms with van der Waals surface area (Å²) in [6.45, 7) is -1.57. The molecule has 0 spiro atoms. The topological polar surface area (TPSA) is 89.5 Å². The zero-order valence-electron chi connectivity index (χ0n) is 17.5. The number of anilines is 1. The number of rotatable bonds is 4. The van der Waals surface area contributed by atoms with Crippen LogP contribution >= 0.6 is 0 Å². The Morgan fingerprint density at radius 2 is 1.82 bits per heavy atom. The van der Waals surface area contributed by atoms with Crippen molar-refractivity contribution in [1.82, 2.24) is 14.3 Å². The molecule has 14 heteroatoms. The average molecular weight is 510 g/mol. The van der Waals surface area contributed by atoms with E-state index < -0.39 is 63.1 Å². The number of nitrogens with zero attached hydrogens (tertiary/aromatic N) is 3. The smallest absolute Gasteiger partial charge is 0.507 e. The minimum Gasteiger partial charge on any atom is -0.507 e. The fourth-order valence-electron chi connectivity index (χ4n) is 5.54. The highest BCUT2D eigenvalue weighted by Crippen LogP contribution is 2.68. The van der Waals surface area contributed by atoms with E-state index in [1.165, 1.54) is 12.5 Å². The zero-order valence-corrected chi connectivity index (χ0v) is 18.3. The van der Waals surface area contributed by atoms with Gasteiger partial charge in [-0.2, -0.15) is 30.6 Å². The third-order valence-corrected chi connectivity index (χ3v) is 8.82. The van der Waals surface area contributed by atoms with Gasteiger partial charge in [0.15, 0.2) is 0 Å². The van der Waals surface area contributed by atoms with Crippen molar-refractivity contribution in [2.75, 3.05) is 11.4 Å². The first kappa shape index (κ1) is 23.3. The van der Waals surface area contributed by atoms with Crippen LogP contribution in [-0.2, 0) is 29.3 Å². The van der Waals surface area contributed by atoms with Crippen LogP contribution in [0.3, 0.4) is 0 Å². The molecular formula is C20H20F6N4O3S. The SMILES string of the molecule is O=S(=O)(N1Cc2c(ccc(C(F)(F)F)c2O)N(Cc2cnc[nH]2)C(C23CC(C2)C3)C1)C(F)(F)F. The number of H-pyrrole nitrogens is 1. The van der Waals surface area contributed by atoms with Gasteiger partial charge in [-0.3, -0.25) is 0 Å². The van der Waals surface area contributed by atoms with E-state index in [2.05, 4.69) is 9.97 Å². The highest BCUT2D eigenvalue weighted by atomic mass is 32.2. The molecule has 34 heavy (non-hydrogen) atoms. The molecule has 2 N–H and O–H groups in total. The molecule has 0 saturated heterocycles. The van der Waals surface area contributed by atoms with Gasteiger partial charge in [0.05, 0.1) is 24.1 Å². The number of nitrogens with one attached hydrogen (secondary N) is 1. The van der Waals surface area contributed by atoms with Gasteiger partial charge in [0.1, 0.15) is 5.75 Å². The average Bonchev–Trinajstić information content (AvgIpc) is 3.09. The van der Waals surface area contributed by atoms with Gasteiger partial charge in [0, 0.05) is 36.6 Å². The molecule has 0 amide bonds. The number of aromatic amines is 1. The number of fused-ring (bicyclic) bond motifs is 1. The number of halogens is 6. The van der Waals surface area contributed by atoms with Crippen LogP contribution < -0.4 is 4.90 Å². The lowest BCUT2D eigenvalue weighted by atomic mass is 9.41. The molecule has 2 bridgehead atoms. The fraction of sp³-hybridized carbons (Fsp3) is 0.550.